The van der Waals surface area contributed by atoms with Crippen LogP contribution in [0.3, 0.4) is 0 Å². The van der Waals surface area contributed by atoms with Crippen LogP contribution in [0.2, 0.25) is 0 Å². The van der Waals surface area contributed by atoms with Gasteiger partial charge in [-0.25, -0.2) is 14.5 Å². The van der Waals surface area contributed by atoms with Crippen LogP contribution in [0, 0.1) is 6.92 Å². The van der Waals surface area contributed by atoms with Crippen molar-refractivity contribution in [2.75, 3.05) is 0 Å². The zero-order valence-corrected chi connectivity index (χ0v) is 14.3. The van der Waals surface area contributed by atoms with E-state index in [1.54, 1.807) is 22.5 Å². The van der Waals surface area contributed by atoms with Gasteiger partial charge in [0.25, 0.3) is 5.56 Å². The summed E-state index contributed by atoms with van der Waals surface area (Å²) in [6, 6.07) is 11.3. The summed E-state index contributed by atoms with van der Waals surface area (Å²) >= 11 is 1.61. The maximum atomic E-state index is 13.0. The molecule has 0 radical (unpaired) electrons. The monoisotopic (exact) mass is 325 g/mol. The number of hydrogen-bond donors (Lipinski definition) is 0. The fraction of sp³-hybridized carbons (Fsp3) is 0.278. The average molecular weight is 325 g/mol. The van der Waals surface area contributed by atoms with Crippen molar-refractivity contribution in [3.8, 4) is 5.82 Å². The molecule has 3 aromatic rings. The number of thioether (sulfide) groups is 1. The summed E-state index contributed by atoms with van der Waals surface area (Å²) in [5.41, 5.74) is 1.72. The van der Waals surface area contributed by atoms with Gasteiger partial charge in [-0.15, -0.1) is 0 Å². The van der Waals surface area contributed by atoms with Gasteiger partial charge in [-0.1, -0.05) is 37.7 Å². The van der Waals surface area contributed by atoms with Gasteiger partial charge in [0.1, 0.15) is 5.82 Å². The highest BCUT2D eigenvalue weighted by Crippen LogP contribution is 2.25. The van der Waals surface area contributed by atoms with Gasteiger partial charge in [-0.05, 0) is 43.2 Å². The Morgan fingerprint density at radius 1 is 1.26 bits per heavy atom. The summed E-state index contributed by atoms with van der Waals surface area (Å²) in [5, 5.41) is 1.68. The highest BCUT2D eigenvalue weighted by molar-refractivity contribution is 7.99. The summed E-state index contributed by atoms with van der Waals surface area (Å²) in [7, 11) is 0. The summed E-state index contributed by atoms with van der Waals surface area (Å²) in [4.78, 5) is 22.1. The van der Waals surface area contributed by atoms with Gasteiger partial charge < -0.3 is 0 Å². The van der Waals surface area contributed by atoms with Crippen LogP contribution in [0.5, 0.6) is 0 Å². The zero-order valence-electron chi connectivity index (χ0n) is 13.5. The number of benzene rings is 1. The Labute approximate surface area is 139 Å². The molecule has 2 aromatic heterocycles. The molecule has 1 unspecified atom stereocenters. The Hall–Kier alpha value is -2.14. The zero-order chi connectivity index (χ0) is 16.4. The van der Waals surface area contributed by atoms with Gasteiger partial charge in [0.05, 0.1) is 10.9 Å². The molecule has 0 spiro atoms. The Morgan fingerprint density at radius 2 is 2.04 bits per heavy atom. The maximum Gasteiger partial charge on any atom is 0.267 e. The molecule has 4 nitrogen and oxygen atoms in total. The summed E-state index contributed by atoms with van der Waals surface area (Å²) in [5.74, 6) is 0.624. The van der Waals surface area contributed by atoms with E-state index in [2.05, 4.69) is 18.8 Å². The lowest BCUT2D eigenvalue weighted by Crippen LogP contribution is -2.23. The predicted molar refractivity (Wildman–Crippen MR) is 95.5 cm³/mol. The number of nitrogens with zero attached hydrogens (tertiary/aromatic N) is 3. The third-order valence-electron chi connectivity index (χ3n) is 3.76. The number of fused-ring (bicyclic) bond motifs is 1. The molecule has 3 rings (SSSR count). The Bertz CT molecular complexity index is 904. The van der Waals surface area contributed by atoms with Crippen LogP contribution in [0.4, 0.5) is 0 Å². The van der Waals surface area contributed by atoms with E-state index in [4.69, 9.17) is 4.98 Å². The van der Waals surface area contributed by atoms with E-state index in [1.807, 2.05) is 43.3 Å². The number of para-hydroxylation sites is 1. The highest BCUT2D eigenvalue weighted by Gasteiger charge is 2.16. The third kappa shape index (κ3) is 3.15. The van der Waals surface area contributed by atoms with Gasteiger partial charge in [-0.2, -0.15) is 0 Å². The minimum atomic E-state index is -0.0699. The van der Waals surface area contributed by atoms with Crippen molar-refractivity contribution in [3.05, 3.63) is 58.5 Å². The molecule has 0 amide bonds. The fourth-order valence-electron chi connectivity index (χ4n) is 2.30. The number of hydrogen-bond acceptors (Lipinski definition) is 4. The molecular formula is C18H19N3OS. The molecule has 0 fully saturated rings. The van der Waals surface area contributed by atoms with Crippen molar-refractivity contribution >= 4 is 22.7 Å². The van der Waals surface area contributed by atoms with Crippen molar-refractivity contribution in [2.24, 2.45) is 0 Å². The molecule has 0 aliphatic carbocycles. The molecule has 1 atom stereocenters. The summed E-state index contributed by atoms with van der Waals surface area (Å²) in [6.07, 6.45) is 2.73. The van der Waals surface area contributed by atoms with Gasteiger partial charge >= 0.3 is 0 Å². The van der Waals surface area contributed by atoms with E-state index in [0.717, 1.165) is 17.5 Å². The predicted octanol–water partition coefficient (Wildman–Crippen LogP) is 3.98. The van der Waals surface area contributed by atoms with Crippen molar-refractivity contribution in [1.82, 2.24) is 14.5 Å². The topological polar surface area (TPSA) is 47.8 Å². The second-order valence-electron chi connectivity index (χ2n) is 5.58. The Morgan fingerprint density at radius 3 is 2.78 bits per heavy atom. The molecular weight excluding hydrogens is 306 g/mol. The molecule has 23 heavy (non-hydrogen) atoms. The normalized spacial score (nSPS) is 12.5. The lowest BCUT2D eigenvalue weighted by atomic mass is 10.2. The van der Waals surface area contributed by atoms with E-state index in [9.17, 15) is 4.79 Å². The minimum absolute atomic E-state index is 0.0699. The van der Waals surface area contributed by atoms with Crippen LogP contribution in [-0.4, -0.2) is 19.8 Å². The summed E-state index contributed by atoms with van der Waals surface area (Å²) < 4.78 is 1.63. The molecule has 0 bridgehead atoms. The van der Waals surface area contributed by atoms with Crippen molar-refractivity contribution in [2.45, 2.75) is 37.6 Å². The molecule has 0 N–H and O–H groups in total. The minimum Gasteiger partial charge on any atom is -0.268 e. The lowest BCUT2D eigenvalue weighted by molar-refractivity contribution is 0.785. The molecule has 5 heteroatoms. The average Bonchev–Trinajstić information content (AvgIpc) is 2.55. The molecule has 0 aliphatic rings. The first-order valence-electron chi connectivity index (χ1n) is 7.71. The van der Waals surface area contributed by atoms with Crippen LogP contribution in [0.15, 0.2) is 52.5 Å². The van der Waals surface area contributed by atoms with E-state index < -0.39 is 0 Å². The fourth-order valence-corrected chi connectivity index (χ4v) is 3.26. The van der Waals surface area contributed by atoms with Crippen LogP contribution in [0.25, 0.3) is 16.7 Å². The number of aromatic nitrogens is 3. The van der Waals surface area contributed by atoms with Crippen LogP contribution >= 0.6 is 11.8 Å². The molecule has 0 saturated carbocycles. The standard InChI is InChI=1S/C18H19N3OS/c1-4-13(3)23-18-20-15-8-6-5-7-14(15)17(22)21(18)16-11-12(2)9-10-19-16/h5-11,13H,4H2,1-3H3. The van der Waals surface area contributed by atoms with Gasteiger partial charge in [0.15, 0.2) is 5.16 Å². The molecule has 118 valence electrons. The van der Waals surface area contributed by atoms with E-state index in [0.29, 0.717) is 21.6 Å². The SMILES string of the molecule is CCC(C)Sc1nc2ccccc2c(=O)n1-c1cc(C)ccn1. The Kier molecular flexibility index (Phi) is 4.48. The van der Waals surface area contributed by atoms with E-state index in [1.165, 1.54) is 0 Å². The molecule has 0 aliphatic heterocycles. The second-order valence-corrected chi connectivity index (χ2v) is 6.99. The molecule has 1 aromatic carbocycles. The van der Waals surface area contributed by atoms with Gasteiger partial charge in [0.2, 0.25) is 0 Å². The van der Waals surface area contributed by atoms with Crippen LogP contribution in [0.1, 0.15) is 25.8 Å². The highest BCUT2D eigenvalue weighted by atomic mass is 32.2. The van der Waals surface area contributed by atoms with Gasteiger partial charge in [0, 0.05) is 11.4 Å². The quantitative estimate of drug-likeness (QED) is 0.538. The summed E-state index contributed by atoms with van der Waals surface area (Å²) in [6.45, 7) is 6.26. The first-order valence-corrected chi connectivity index (χ1v) is 8.59. The van der Waals surface area contributed by atoms with Crippen LogP contribution in [-0.2, 0) is 0 Å². The number of rotatable bonds is 4. The largest absolute Gasteiger partial charge is 0.268 e. The van der Waals surface area contributed by atoms with E-state index >= 15 is 0 Å². The van der Waals surface area contributed by atoms with Crippen molar-refractivity contribution in [3.63, 3.8) is 0 Å². The van der Waals surface area contributed by atoms with Gasteiger partial charge in [-0.3, -0.25) is 4.79 Å². The second kappa shape index (κ2) is 6.54. The van der Waals surface area contributed by atoms with Crippen molar-refractivity contribution in [1.29, 1.82) is 0 Å². The smallest absolute Gasteiger partial charge is 0.267 e. The maximum absolute atomic E-state index is 13.0. The third-order valence-corrected chi connectivity index (χ3v) is 4.98. The van der Waals surface area contributed by atoms with Crippen LogP contribution < -0.4 is 5.56 Å². The Balaban J connectivity index is 2.30. The lowest BCUT2D eigenvalue weighted by Gasteiger charge is -2.15. The first kappa shape index (κ1) is 15.7. The molecule has 0 saturated heterocycles. The number of aryl methyl sites for hydroxylation is 1. The van der Waals surface area contributed by atoms with E-state index in [-0.39, 0.29) is 5.56 Å². The first-order chi connectivity index (χ1) is 11.1. The van der Waals surface area contributed by atoms with Crippen molar-refractivity contribution < 1.29 is 0 Å². The number of pyridine rings is 1. The molecule has 2 heterocycles.